The highest BCUT2D eigenvalue weighted by atomic mass is 19.1. The molecule has 0 saturated heterocycles. The molecule has 0 aliphatic carbocycles. The van der Waals surface area contributed by atoms with Crippen LogP contribution in [0.4, 0.5) is 4.39 Å². The second-order valence-corrected chi connectivity index (χ2v) is 7.72. The summed E-state index contributed by atoms with van der Waals surface area (Å²) in [4.78, 5) is 13.1. The van der Waals surface area contributed by atoms with Crippen LogP contribution in [0.15, 0.2) is 54.6 Å². The van der Waals surface area contributed by atoms with E-state index in [1.807, 2.05) is 18.2 Å². The topological polar surface area (TPSA) is 22.0 Å². The first kappa shape index (κ1) is 19.4. The monoisotopic (exact) mass is 387 g/mol. The lowest BCUT2D eigenvalue weighted by atomic mass is 9.97. The summed E-state index contributed by atoms with van der Waals surface area (Å²) in [5.74, 6) is -0.385. The van der Waals surface area contributed by atoms with Crippen molar-refractivity contribution in [3.63, 3.8) is 0 Å². The summed E-state index contributed by atoms with van der Waals surface area (Å²) in [6.45, 7) is 7.00. The third-order valence-electron chi connectivity index (χ3n) is 5.76. The molecular weight excluding hydrogens is 361 g/mol. The van der Waals surface area contributed by atoms with Gasteiger partial charge in [0.25, 0.3) is 0 Å². The lowest BCUT2D eigenvalue weighted by Gasteiger charge is -2.06. The number of aromatic nitrogens is 1. The Bertz CT molecular complexity index is 1220. The minimum Gasteiger partial charge on any atom is -0.341 e. The number of carbonyl (C=O) groups is 1. The first-order valence-corrected chi connectivity index (χ1v) is 10.4. The third-order valence-corrected chi connectivity index (χ3v) is 5.76. The molecule has 0 aliphatic rings. The average Bonchev–Trinajstić information content (AvgIpc) is 3.04. The van der Waals surface area contributed by atoms with Crippen molar-refractivity contribution in [3.8, 4) is 0 Å². The van der Waals surface area contributed by atoms with Gasteiger partial charge in [0.15, 0.2) is 5.78 Å². The molecule has 0 spiro atoms. The predicted molar refractivity (Wildman–Crippen MR) is 118 cm³/mol. The van der Waals surface area contributed by atoms with E-state index in [1.54, 1.807) is 13.0 Å². The van der Waals surface area contributed by atoms with Crippen molar-refractivity contribution in [3.05, 3.63) is 82.7 Å². The van der Waals surface area contributed by atoms with E-state index in [1.165, 1.54) is 41.4 Å². The molecule has 4 aromatic rings. The largest absolute Gasteiger partial charge is 0.341 e. The Kier molecular flexibility index (Phi) is 5.23. The molecule has 0 saturated carbocycles. The van der Waals surface area contributed by atoms with Crippen molar-refractivity contribution in [1.29, 1.82) is 0 Å². The van der Waals surface area contributed by atoms with E-state index < -0.39 is 0 Å². The van der Waals surface area contributed by atoms with Gasteiger partial charge in [0.1, 0.15) is 5.82 Å². The van der Waals surface area contributed by atoms with Crippen LogP contribution in [0.3, 0.4) is 0 Å². The standard InChI is InChI=1S/C26H26FNO/c1-4-6-7-18-8-12-24-22(15-18)23-16-19(9-13-25(23)28(24)5-2)26(29)21-11-10-20(27)14-17(21)3/h8-16H,4-7H2,1-3H3. The summed E-state index contributed by atoms with van der Waals surface area (Å²) in [5, 5.41) is 2.30. The summed E-state index contributed by atoms with van der Waals surface area (Å²) >= 11 is 0. The molecule has 2 nitrogen and oxygen atoms in total. The van der Waals surface area contributed by atoms with E-state index in [0.29, 0.717) is 16.7 Å². The average molecular weight is 387 g/mol. The van der Waals surface area contributed by atoms with Crippen LogP contribution in [0.25, 0.3) is 21.8 Å². The van der Waals surface area contributed by atoms with Crippen LogP contribution in [0.2, 0.25) is 0 Å². The zero-order valence-corrected chi connectivity index (χ0v) is 17.3. The SMILES string of the molecule is CCCCc1ccc2c(c1)c1cc(C(=O)c3ccc(F)cc3C)ccc1n2CC. The molecule has 0 amide bonds. The number of aryl methyl sites for hydroxylation is 3. The van der Waals surface area contributed by atoms with Crippen molar-refractivity contribution in [2.45, 2.75) is 46.6 Å². The molecule has 0 atom stereocenters. The normalized spacial score (nSPS) is 11.4. The summed E-state index contributed by atoms with van der Waals surface area (Å²) in [5.41, 5.74) is 5.52. The van der Waals surface area contributed by atoms with Gasteiger partial charge >= 0.3 is 0 Å². The Morgan fingerprint density at radius 3 is 2.34 bits per heavy atom. The third kappa shape index (κ3) is 3.46. The molecular formula is C26H26FNO. The predicted octanol–water partition coefficient (Wildman–Crippen LogP) is 6.84. The Labute approximate surface area is 171 Å². The minimum atomic E-state index is -0.319. The molecule has 1 aromatic heterocycles. The molecule has 148 valence electrons. The van der Waals surface area contributed by atoms with Crippen molar-refractivity contribution in [1.82, 2.24) is 4.57 Å². The number of halogens is 1. The number of carbonyl (C=O) groups excluding carboxylic acids is 1. The van der Waals surface area contributed by atoms with Gasteiger partial charge in [-0.1, -0.05) is 19.4 Å². The maximum Gasteiger partial charge on any atom is 0.193 e. The van der Waals surface area contributed by atoms with Crippen molar-refractivity contribution < 1.29 is 9.18 Å². The Hall–Kier alpha value is -2.94. The first-order chi connectivity index (χ1) is 14.0. The number of unbranched alkanes of at least 4 members (excludes halogenated alkanes) is 1. The van der Waals surface area contributed by atoms with Crippen molar-refractivity contribution >= 4 is 27.6 Å². The van der Waals surface area contributed by atoms with Gasteiger partial charge in [0.2, 0.25) is 0 Å². The smallest absolute Gasteiger partial charge is 0.193 e. The van der Waals surface area contributed by atoms with Crippen LogP contribution < -0.4 is 0 Å². The van der Waals surface area contributed by atoms with Crippen LogP contribution in [0.5, 0.6) is 0 Å². The van der Waals surface area contributed by atoms with E-state index in [4.69, 9.17) is 0 Å². The fourth-order valence-electron chi connectivity index (χ4n) is 4.21. The molecule has 0 fully saturated rings. The van der Waals surface area contributed by atoms with E-state index >= 15 is 0 Å². The molecule has 0 unspecified atom stereocenters. The van der Waals surface area contributed by atoms with E-state index in [0.717, 1.165) is 23.9 Å². The van der Waals surface area contributed by atoms with Crippen LogP contribution in [-0.4, -0.2) is 10.4 Å². The van der Waals surface area contributed by atoms with E-state index in [2.05, 4.69) is 36.6 Å². The van der Waals surface area contributed by atoms with Gasteiger partial charge < -0.3 is 4.57 Å². The Balaban J connectivity index is 1.87. The molecule has 0 radical (unpaired) electrons. The number of rotatable bonds is 6. The van der Waals surface area contributed by atoms with E-state index in [-0.39, 0.29) is 11.6 Å². The van der Waals surface area contributed by atoms with Crippen LogP contribution >= 0.6 is 0 Å². The minimum absolute atomic E-state index is 0.0658. The summed E-state index contributed by atoms with van der Waals surface area (Å²) in [7, 11) is 0. The van der Waals surface area contributed by atoms with Crippen LogP contribution in [0, 0.1) is 12.7 Å². The zero-order valence-electron chi connectivity index (χ0n) is 17.3. The summed E-state index contributed by atoms with van der Waals surface area (Å²) < 4.78 is 15.7. The number of nitrogens with zero attached hydrogens (tertiary/aromatic N) is 1. The highest BCUT2D eigenvalue weighted by molar-refractivity contribution is 6.15. The number of ketones is 1. The van der Waals surface area contributed by atoms with Gasteiger partial charge in [0.05, 0.1) is 0 Å². The quantitative estimate of drug-likeness (QED) is 0.332. The number of benzene rings is 3. The fourth-order valence-corrected chi connectivity index (χ4v) is 4.21. The maximum atomic E-state index is 13.5. The van der Waals surface area contributed by atoms with Gasteiger partial charge in [-0.15, -0.1) is 0 Å². The number of hydrogen-bond acceptors (Lipinski definition) is 1. The number of hydrogen-bond donors (Lipinski definition) is 0. The van der Waals surface area contributed by atoms with Crippen molar-refractivity contribution in [2.24, 2.45) is 0 Å². The Morgan fingerprint density at radius 1 is 0.931 bits per heavy atom. The van der Waals surface area contributed by atoms with Gasteiger partial charge in [0, 0.05) is 39.5 Å². The molecule has 0 N–H and O–H groups in total. The molecule has 29 heavy (non-hydrogen) atoms. The lowest BCUT2D eigenvalue weighted by Crippen LogP contribution is -2.04. The Morgan fingerprint density at radius 2 is 1.66 bits per heavy atom. The number of fused-ring (bicyclic) bond motifs is 3. The molecule has 3 aromatic carbocycles. The lowest BCUT2D eigenvalue weighted by molar-refractivity contribution is 0.103. The summed E-state index contributed by atoms with van der Waals surface area (Å²) in [6.07, 6.45) is 3.41. The van der Waals surface area contributed by atoms with Crippen LogP contribution in [-0.2, 0) is 13.0 Å². The molecule has 0 bridgehead atoms. The molecule has 4 rings (SSSR count). The van der Waals surface area contributed by atoms with Gasteiger partial charge in [-0.2, -0.15) is 0 Å². The summed E-state index contributed by atoms with van der Waals surface area (Å²) in [6, 6.07) is 17.0. The van der Waals surface area contributed by atoms with Crippen molar-refractivity contribution in [2.75, 3.05) is 0 Å². The molecule has 3 heteroatoms. The second kappa shape index (κ2) is 7.82. The highest BCUT2D eigenvalue weighted by Crippen LogP contribution is 2.32. The van der Waals surface area contributed by atoms with Crippen LogP contribution in [0.1, 0.15) is 53.7 Å². The fraction of sp³-hybridized carbons (Fsp3) is 0.269. The second-order valence-electron chi connectivity index (χ2n) is 7.72. The maximum absolute atomic E-state index is 13.5. The van der Waals surface area contributed by atoms with E-state index in [9.17, 15) is 9.18 Å². The molecule has 1 heterocycles. The van der Waals surface area contributed by atoms with Gasteiger partial charge in [-0.25, -0.2) is 4.39 Å². The first-order valence-electron chi connectivity index (χ1n) is 10.4. The van der Waals surface area contributed by atoms with Gasteiger partial charge in [-0.05, 0) is 86.3 Å². The zero-order chi connectivity index (χ0) is 20.5. The molecule has 0 aliphatic heterocycles. The highest BCUT2D eigenvalue weighted by Gasteiger charge is 2.16. The van der Waals surface area contributed by atoms with Gasteiger partial charge in [-0.3, -0.25) is 4.79 Å².